The Bertz CT molecular complexity index is 719. The molecule has 0 aromatic heterocycles. The van der Waals surface area contributed by atoms with Crippen LogP contribution < -0.4 is 10.6 Å². The van der Waals surface area contributed by atoms with E-state index in [-0.39, 0.29) is 24.4 Å². The van der Waals surface area contributed by atoms with Crippen LogP contribution in [0.3, 0.4) is 0 Å². The highest BCUT2D eigenvalue weighted by molar-refractivity contribution is 5.82. The molecule has 29 heavy (non-hydrogen) atoms. The highest BCUT2D eigenvalue weighted by Crippen LogP contribution is 2.13. The van der Waals surface area contributed by atoms with Gasteiger partial charge < -0.3 is 20.3 Å². The van der Waals surface area contributed by atoms with Crippen molar-refractivity contribution < 1.29 is 19.1 Å². The van der Waals surface area contributed by atoms with Crippen molar-refractivity contribution in [2.45, 2.75) is 65.0 Å². The number of nitrogens with zero attached hydrogens (tertiary/aromatic N) is 1. The van der Waals surface area contributed by atoms with E-state index in [4.69, 9.17) is 4.74 Å². The summed E-state index contributed by atoms with van der Waals surface area (Å²) in [5.41, 5.74) is 1.78. The predicted octanol–water partition coefficient (Wildman–Crippen LogP) is 2.56. The first kappa shape index (κ1) is 22.7. The van der Waals surface area contributed by atoms with E-state index in [0.717, 1.165) is 6.42 Å². The van der Waals surface area contributed by atoms with Crippen molar-refractivity contribution in [1.82, 2.24) is 15.5 Å². The Morgan fingerprint density at radius 1 is 1.17 bits per heavy atom. The van der Waals surface area contributed by atoms with Gasteiger partial charge in [0.25, 0.3) is 0 Å². The van der Waals surface area contributed by atoms with E-state index in [9.17, 15) is 14.4 Å². The topological polar surface area (TPSA) is 87.7 Å². The summed E-state index contributed by atoms with van der Waals surface area (Å²) in [5.74, 6) is -0.0945. The van der Waals surface area contributed by atoms with Gasteiger partial charge >= 0.3 is 6.09 Å². The van der Waals surface area contributed by atoms with Gasteiger partial charge in [-0.2, -0.15) is 0 Å². The van der Waals surface area contributed by atoms with Crippen molar-refractivity contribution in [2.75, 3.05) is 19.6 Å². The van der Waals surface area contributed by atoms with Gasteiger partial charge in [0, 0.05) is 25.6 Å². The Morgan fingerprint density at radius 2 is 1.86 bits per heavy atom. The number of ether oxygens (including phenoxy) is 1. The number of amides is 3. The molecular formula is C22H33N3O4. The predicted molar refractivity (Wildman–Crippen MR) is 111 cm³/mol. The molecule has 0 atom stereocenters. The van der Waals surface area contributed by atoms with Crippen LogP contribution in [0.25, 0.3) is 0 Å². The SMILES string of the molecule is Cc1cccc(CCC(=O)N2CCC(NC(=O)CNC(=O)OC(C)(C)C)CC2)c1. The minimum Gasteiger partial charge on any atom is -0.444 e. The summed E-state index contributed by atoms with van der Waals surface area (Å²) in [4.78, 5) is 37.9. The van der Waals surface area contributed by atoms with Crippen LogP contribution in [0.5, 0.6) is 0 Å². The second-order valence-electron chi connectivity index (χ2n) is 8.57. The second kappa shape index (κ2) is 10.3. The van der Waals surface area contributed by atoms with Crippen molar-refractivity contribution in [3.63, 3.8) is 0 Å². The molecule has 1 fully saturated rings. The van der Waals surface area contributed by atoms with E-state index in [1.807, 2.05) is 30.0 Å². The maximum Gasteiger partial charge on any atom is 0.408 e. The van der Waals surface area contributed by atoms with E-state index in [1.165, 1.54) is 11.1 Å². The summed E-state index contributed by atoms with van der Waals surface area (Å²) in [6.45, 7) is 8.50. The molecule has 160 valence electrons. The van der Waals surface area contributed by atoms with E-state index in [1.54, 1.807) is 20.8 Å². The minimum atomic E-state index is -0.610. The molecule has 1 aromatic carbocycles. The molecular weight excluding hydrogens is 370 g/mol. The lowest BCUT2D eigenvalue weighted by Gasteiger charge is -2.32. The summed E-state index contributed by atoms with van der Waals surface area (Å²) >= 11 is 0. The van der Waals surface area contributed by atoms with Crippen LogP contribution >= 0.6 is 0 Å². The van der Waals surface area contributed by atoms with Gasteiger partial charge in [-0.15, -0.1) is 0 Å². The number of hydrogen-bond acceptors (Lipinski definition) is 4. The van der Waals surface area contributed by atoms with Crippen LogP contribution in [-0.2, 0) is 20.7 Å². The summed E-state index contributed by atoms with van der Waals surface area (Å²) in [6.07, 6.45) is 2.07. The molecule has 0 saturated carbocycles. The monoisotopic (exact) mass is 403 g/mol. The third kappa shape index (κ3) is 8.54. The van der Waals surface area contributed by atoms with Crippen LogP contribution in [0.4, 0.5) is 4.79 Å². The van der Waals surface area contributed by atoms with Gasteiger partial charge in [-0.1, -0.05) is 29.8 Å². The molecule has 0 aliphatic carbocycles. The van der Waals surface area contributed by atoms with Crippen molar-refractivity contribution in [3.8, 4) is 0 Å². The van der Waals surface area contributed by atoms with Gasteiger partial charge in [0.05, 0.1) is 0 Å². The number of hydrogen-bond donors (Lipinski definition) is 2. The molecule has 1 saturated heterocycles. The van der Waals surface area contributed by atoms with Crippen LogP contribution in [0.2, 0.25) is 0 Å². The van der Waals surface area contributed by atoms with Crippen LogP contribution in [0.15, 0.2) is 24.3 Å². The van der Waals surface area contributed by atoms with Crippen molar-refractivity contribution in [2.24, 2.45) is 0 Å². The maximum absolute atomic E-state index is 12.5. The zero-order chi connectivity index (χ0) is 21.4. The van der Waals surface area contributed by atoms with Crippen LogP contribution in [0, 0.1) is 6.92 Å². The first-order chi connectivity index (χ1) is 13.6. The van der Waals surface area contributed by atoms with Crippen molar-refractivity contribution in [3.05, 3.63) is 35.4 Å². The number of aryl methyl sites for hydroxylation is 2. The molecule has 2 rings (SSSR count). The molecule has 1 aliphatic heterocycles. The fourth-order valence-corrected chi connectivity index (χ4v) is 3.30. The third-order valence-electron chi connectivity index (χ3n) is 4.71. The van der Waals surface area contributed by atoms with E-state index >= 15 is 0 Å². The van der Waals surface area contributed by atoms with E-state index in [2.05, 4.69) is 16.7 Å². The first-order valence-electron chi connectivity index (χ1n) is 10.2. The normalized spacial score (nSPS) is 15.0. The number of benzene rings is 1. The largest absolute Gasteiger partial charge is 0.444 e. The Hall–Kier alpha value is -2.57. The number of likely N-dealkylation sites (tertiary alicyclic amines) is 1. The van der Waals surface area contributed by atoms with Crippen molar-refractivity contribution >= 4 is 17.9 Å². The standard InChI is InChI=1S/C22H33N3O4/c1-16-6-5-7-17(14-16)8-9-20(27)25-12-10-18(11-13-25)24-19(26)15-23-21(28)29-22(2,3)4/h5-7,14,18H,8-13,15H2,1-4H3,(H,23,28)(H,24,26). The molecule has 0 radical (unpaired) electrons. The van der Waals surface area contributed by atoms with Gasteiger partial charge in [-0.05, 0) is 52.5 Å². The van der Waals surface area contributed by atoms with Gasteiger partial charge in [-0.3, -0.25) is 9.59 Å². The highest BCUT2D eigenvalue weighted by Gasteiger charge is 2.24. The van der Waals surface area contributed by atoms with Crippen molar-refractivity contribution in [1.29, 1.82) is 0 Å². The molecule has 3 amide bonds. The average Bonchev–Trinajstić information content (AvgIpc) is 2.64. The molecule has 1 aliphatic rings. The molecule has 1 heterocycles. The highest BCUT2D eigenvalue weighted by atomic mass is 16.6. The Kier molecular flexibility index (Phi) is 8.05. The molecule has 0 unspecified atom stereocenters. The van der Waals surface area contributed by atoms with E-state index < -0.39 is 11.7 Å². The number of carbonyl (C=O) groups is 3. The Morgan fingerprint density at radius 3 is 2.48 bits per heavy atom. The average molecular weight is 404 g/mol. The minimum absolute atomic E-state index is 0.0174. The van der Waals surface area contributed by atoms with Crippen LogP contribution in [-0.4, -0.2) is 54.1 Å². The molecule has 2 N–H and O–H groups in total. The van der Waals surface area contributed by atoms with Gasteiger partial charge in [0.1, 0.15) is 12.1 Å². The number of alkyl carbamates (subject to hydrolysis) is 1. The number of nitrogens with one attached hydrogen (secondary N) is 2. The Balaban J connectivity index is 1.65. The Labute approximate surface area is 173 Å². The van der Waals surface area contributed by atoms with Crippen LogP contribution in [0.1, 0.15) is 51.2 Å². The number of piperidine rings is 1. The van der Waals surface area contributed by atoms with Gasteiger partial charge in [0.2, 0.25) is 11.8 Å². The van der Waals surface area contributed by atoms with Gasteiger partial charge in [0.15, 0.2) is 0 Å². The zero-order valence-corrected chi connectivity index (χ0v) is 17.9. The van der Waals surface area contributed by atoms with Gasteiger partial charge in [-0.25, -0.2) is 4.79 Å². The lowest BCUT2D eigenvalue weighted by molar-refractivity contribution is -0.132. The summed E-state index contributed by atoms with van der Waals surface area (Å²) in [5, 5.41) is 5.37. The first-order valence-corrected chi connectivity index (χ1v) is 10.2. The fraction of sp³-hybridized carbons (Fsp3) is 0.591. The quantitative estimate of drug-likeness (QED) is 0.764. The molecule has 7 nitrogen and oxygen atoms in total. The third-order valence-corrected chi connectivity index (χ3v) is 4.71. The zero-order valence-electron chi connectivity index (χ0n) is 17.9. The lowest BCUT2D eigenvalue weighted by atomic mass is 10.0. The summed E-state index contributed by atoms with van der Waals surface area (Å²) in [6, 6.07) is 8.24. The smallest absolute Gasteiger partial charge is 0.408 e. The molecule has 0 bridgehead atoms. The fourth-order valence-electron chi connectivity index (χ4n) is 3.30. The molecule has 0 spiro atoms. The summed E-state index contributed by atoms with van der Waals surface area (Å²) < 4.78 is 5.11. The second-order valence-corrected chi connectivity index (χ2v) is 8.57. The summed E-state index contributed by atoms with van der Waals surface area (Å²) in [7, 11) is 0. The molecule has 7 heteroatoms. The maximum atomic E-state index is 12.5. The number of carbonyl (C=O) groups excluding carboxylic acids is 3. The number of rotatable bonds is 6. The lowest BCUT2D eigenvalue weighted by Crippen LogP contribution is -2.49. The molecule has 1 aromatic rings. The van der Waals surface area contributed by atoms with E-state index in [0.29, 0.717) is 32.4 Å².